The first kappa shape index (κ1) is 15.0. The topological polar surface area (TPSA) is 64.4 Å². The van der Waals surface area contributed by atoms with Crippen LogP contribution in [0.1, 0.15) is 31.7 Å². The maximum absolute atomic E-state index is 12.2. The van der Waals surface area contributed by atoms with Crippen LogP contribution in [0.25, 0.3) is 0 Å². The van der Waals surface area contributed by atoms with Crippen LogP contribution in [0.15, 0.2) is 30.3 Å². The van der Waals surface area contributed by atoms with E-state index in [2.05, 4.69) is 24.4 Å². The maximum Gasteiger partial charge on any atom is 0.249 e. The van der Waals surface area contributed by atoms with Gasteiger partial charge < -0.3 is 15.8 Å². The first-order valence-electron chi connectivity index (χ1n) is 7.42. The van der Waals surface area contributed by atoms with Crippen molar-refractivity contribution in [3.63, 3.8) is 0 Å². The van der Waals surface area contributed by atoms with E-state index in [4.69, 9.17) is 10.5 Å². The largest absolute Gasteiger partial charge is 0.364 e. The fourth-order valence-electron chi connectivity index (χ4n) is 2.56. The normalized spacial score (nSPS) is 23.5. The molecule has 4 heteroatoms. The second-order valence-electron chi connectivity index (χ2n) is 5.36. The molecule has 1 fully saturated rings. The summed E-state index contributed by atoms with van der Waals surface area (Å²) in [6.45, 7) is 2.58. The minimum absolute atomic E-state index is 0.00345. The van der Waals surface area contributed by atoms with E-state index in [0.717, 1.165) is 25.7 Å². The zero-order valence-corrected chi connectivity index (χ0v) is 12.0. The molecule has 0 radical (unpaired) electrons. The van der Waals surface area contributed by atoms with Gasteiger partial charge in [0.1, 0.15) is 6.10 Å². The van der Waals surface area contributed by atoms with Gasteiger partial charge in [-0.05, 0) is 31.2 Å². The van der Waals surface area contributed by atoms with Gasteiger partial charge in [-0.3, -0.25) is 4.79 Å². The van der Waals surface area contributed by atoms with Gasteiger partial charge in [0.25, 0.3) is 0 Å². The van der Waals surface area contributed by atoms with Crippen molar-refractivity contribution in [3.8, 4) is 0 Å². The van der Waals surface area contributed by atoms with Crippen molar-refractivity contribution >= 4 is 5.91 Å². The molecule has 110 valence electrons. The third-order valence-electron chi connectivity index (χ3n) is 3.83. The average Bonchev–Trinajstić information content (AvgIpc) is 2.96. The van der Waals surface area contributed by atoms with Crippen LogP contribution < -0.4 is 11.1 Å². The Morgan fingerprint density at radius 3 is 2.75 bits per heavy atom. The van der Waals surface area contributed by atoms with Crippen LogP contribution in [-0.4, -0.2) is 30.7 Å². The minimum atomic E-state index is -0.326. The molecule has 20 heavy (non-hydrogen) atoms. The highest BCUT2D eigenvalue weighted by Crippen LogP contribution is 2.19. The molecule has 3 N–H and O–H groups in total. The van der Waals surface area contributed by atoms with E-state index >= 15 is 0 Å². The van der Waals surface area contributed by atoms with Gasteiger partial charge >= 0.3 is 0 Å². The van der Waals surface area contributed by atoms with Crippen molar-refractivity contribution in [2.24, 2.45) is 5.73 Å². The van der Waals surface area contributed by atoms with E-state index in [-0.39, 0.29) is 24.2 Å². The molecule has 2 rings (SSSR count). The molecule has 0 bridgehead atoms. The van der Waals surface area contributed by atoms with E-state index in [1.165, 1.54) is 5.56 Å². The number of benzene rings is 1. The number of carbonyl (C=O) groups excluding carboxylic acids is 1. The summed E-state index contributed by atoms with van der Waals surface area (Å²) in [5, 5.41) is 3.10. The summed E-state index contributed by atoms with van der Waals surface area (Å²) >= 11 is 0. The van der Waals surface area contributed by atoms with Gasteiger partial charge in [-0.25, -0.2) is 0 Å². The Morgan fingerprint density at radius 2 is 2.15 bits per heavy atom. The summed E-state index contributed by atoms with van der Waals surface area (Å²) in [6.07, 6.45) is 3.14. The van der Waals surface area contributed by atoms with Crippen LogP contribution in [0.4, 0.5) is 0 Å². The molecule has 0 aromatic heterocycles. The second kappa shape index (κ2) is 7.41. The first-order chi connectivity index (χ1) is 9.72. The van der Waals surface area contributed by atoms with E-state index in [9.17, 15) is 4.79 Å². The molecular weight excluding hydrogens is 252 g/mol. The van der Waals surface area contributed by atoms with Gasteiger partial charge in [0.2, 0.25) is 5.91 Å². The number of rotatable bonds is 6. The summed E-state index contributed by atoms with van der Waals surface area (Å²) < 4.78 is 5.63. The third-order valence-corrected chi connectivity index (χ3v) is 3.83. The number of hydrogen-bond donors (Lipinski definition) is 2. The maximum atomic E-state index is 12.2. The van der Waals surface area contributed by atoms with Crippen LogP contribution in [0.5, 0.6) is 0 Å². The molecule has 1 unspecified atom stereocenters. The van der Waals surface area contributed by atoms with Crippen LogP contribution in [0.2, 0.25) is 0 Å². The number of amides is 1. The third kappa shape index (κ3) is 4.05. The minimum Gasteiger partial charge on any atom is -0.364 e. The molecule has 1 aromatic rings. The molecule has 1 heterocycles. The molecule has 0 spiro atoms. The van der Waals surface area contributed by atoms with Gasteiger partial charge in [0.05, 0.1) is 6.10 Å². The summed E-state index contributed by atoms with van der Waals surface area (Å²) in [4.78, 5) is 12.2. The number of ether oxygens (including phenoxy) is 1. The lowest BCUT2D eigenvalue weighted by Gasteiger charge is -2.20. The van der Waals surface area contributed by atoms with E-state index in [1.807, 2.05) is 18.2 Å². The van der Waals surface area contributed by atoms with Crippen molar-refractivity contribution in [2.75, 3.05) is 6.54 Å². The van der Waals surface area contributed by atoms with Gasteiger partial charge in [-0.2, -0.15) is 0 Å². The van der Waals surface area contributed by atoms with Crippen molar-refractivity contribution in [1.82, 2.24) is 5.32 Å². The quantitative estimate of drug-likeness (QED) is 0.830. The van der Waals surface area contributed by atoms with E-state index in [1.54, 1.807) is 0 Å². The zero-order chi connectivity index (χ0) is 14.4. The van der Waals surface area contributed by atoms with Gasteiger partial charge in [-0.1, -0.05) is 37.3 Å². The van der Waals surface area contributed by atoms with Crippen molar-refractivity contribution in [3.05, 3.63) is 35.9 Å². The number of hydrogen-bond acceptors (Lipinski definition) is 3. The number of nitrogens with one attached hydrogen (secondary N) is 1. The molecule has 4 nitrogen and oxygen atoms in total. The lowest BCUT2D eigenvalue weighted by atomic mass is 10.0. The van der Waals surface area contributed by atoms with Crippen molar-refractivity contribution < 1.29 is 9.53 Å². The Labute approximate surface area is 120 Å². The lowest BCUT2D eigenvalue weighted by molar-refractivity contribution is -0.132. The highest BCUT2D eigenvalue weighted by Gasteiger charge is 2.30. The van der Waals surface area contributed by atoms with Gasteiger partial charge in [0, 0.05) is 12.6 Å². The smallest absolute Gasteiger partial charge is 0.249 e. The summed E-state index contributed by atoms with van der Waals surface area (Å²) in [5.41, 5.74) is 6.81. The fraction of sp³-hybridized carbons (Fsp3) is 0.562. The number of carbonyl (C=O) groups is 1. The summed E-state index contributed by atoms with van der Waals surface area (Å²) in [5.74, 6) is 0.00345. The molecular formula is C16H24N2O2. The van der Waals surface area contributed by atoms with Crippen molar-refractivity contribution in [2.45, 2.75) is 50.9 Å². The second-order valence-corrected chi connectivity index (χ2v) is 5.36. The molecule has 3 atom stereocenters. The molecule has 0 aliphatic carbocycles. The Bertz CT molecular complexity index is 422. The lowest BCUT2D eigenvalue weighted by Crippen LogP contribution is -2.42. The standard InChI is InChI=1S/C16H24N2O2/c1-2-13(10-12-6-4-3-5-7-12)18-16(19)15-9-8-14(11-17)20-15/h3-7,13-15H,2,8-11,17H2,1H3,(H,18,19)/t13?,14-,15+/m1/s1. The highest BCUT2D eigenvalue weighted by atomic mass is 16.5. The Balaban J connectivity index is 1.85. The monoisotopic (exact) mass is 276 g/mol. The molecule has 1 aromatic carbocycles. The number of nitrogens with two attached hydrogens (primary N) is 1. The Morgan fingerprint density at radius 1 is 1.40 bits per heavy atom. The molecule has 0 saturated carbocycles. The van der Waals surface area contributed by atoms with Crippen molar-refractivity contribution in [1.29, 1.82) is 0 Å². The van der Waals surface area contributed by atoms with E-state index < -0.39 is 0 Å². The molecule has 1 aliphatic heterocycles. The van der Waals surface area contributed by atoms with Crippen LogP contribution >= 0.6 is 0 Å². The van der Waals surface area contributed by atoms with Crippen LogP contribution in [0, 0.1) is 0 Å². The predicted molar refractivity (Wildman–Crippen MR) is 79.3 cm³/mol. The molecule has 1 saturated heterocycles. The summed E-state index contributed by atoms with van der Waals surface area (Å²) in [6, 6.07) is 10.4. The predicted octanol–water partition coefficient (Wildman–Crippen LogP) is 1.63. The SMILES string of the molecule is CCC(Cc1ccccc1)NC(=O)[C@@H]1CC[C@H](CN)O1. The molecule has 1 aliphatic rings. The highest BCUT2D eigenvalue weighted by molar-refractivity contribution is 5.81. The van der Waals surface area contributed by atoms with Gasteiger partial charge in [-0.15, -0.1) is 0 Å². The van der Waals surface area contributed by atoms with E-state index in [0.29, 0.717) is 6.54 Å². The van der Waals surface area contributed by atoms with Gasteiger partial charge in [0.15, 0.2) is 0 Å². The summed E-state index contributed by atoms with van der Waals surface area (Å²) in [7, 11) is 0. The average molecular weight is 276 g/mol. The Hall–Kier alpha value is -1.39. The van der Waals surface area contributed by atoms with Crippen LogP contribution in [-0.2, 0) is 16.0 Å². The Kier molecular flexibility index (Phi) is 5.56. The zero-order valence-electron chi connectivity index (χ0n) is 12.0. The first-order valence-corrected chi connectivity index (χ1v) is 7.42. The molecule has 1 amide bonds. The van der Waals surface area contributed by atoms with Crippen LogP contribution in [0.3, 0.4) is 0 Å². The fourth-order valence-corrected chi connectivity index (χ4v) is 2.56.